The van der Waals surface area contributed by atoms with Crippen molar-refractivity contribution in [2.24, 2.45) is 0 Å². The molecule has 1 aliphatic heterocycles. The second kappa shape index (κ2) is 10.4. The van der Waals surface area contributed by atoms with Gasteiger partial charge in [-0.2, -0.15) is 0 Å². The molecular weight excluding hydrogens is 440 g/mol. The van der Waals surface area contributed by atoms with Crippen LogP contribution in [0, 0.1) is 0 Å². The van der Waals surface area contributed by atoms with Crippen LogP contribution >= 0.6 is 0 Å². The van der Waals surface area contributed by atoms with Gasteiger partial charge in [-0.1, -0.05) is 66.7 Å². The average Bonchev–Trinajstić information content (AvgIpc) is 2.93. The molecule has 0 saturated carbocycles. The van der Waals surface area contributed by atoms with Crippen molar-refractivity contribution < 1.29 is 14.3 Å². The fraction of sp³-hybridized carbons (Fsp3) is 0.214. The fourth-order valence-corrected chi connectivity index (χ4v) is 4.57. The van der Waals surface area contributed by atoms with Gasteiger partial charge in [0.25, 0.3) is 5.91 Å². The van der Waals surface area contributed by atoms with Gasteiger partial charge in [0.2, 0.25) is 0 Å². The number of amides is 1. The molecule has 0 radical (unpaired) electrons. The van der Waals surface area contributed by atoms with E-state index in [-0.39, 0.29) is 18.6 Å². The summed E-state index contributed by atoms with van der Waals surface area (Å²) in [4.78, 5) is 38.0. The van der Waals surface area contributed by atoms with Gasteiger partial charge in [0, 0.05) is 38.6 Å². The van der Waals surface area contributed by atoms with Gasteiger partial charge in [0.1, 0.15) is 5.52 Å². The summed E-state index contributed by atoms with van der Waals surface area (Å²) in [5.41, 5.74) is 3.84. The molecule has 2 heterocycles. The number of benzene rings is 3. The molecule has 3 aromatic carbocycles. The zero-order valence-corrected chi connectivity index (χ0v) is 19.3. The van der Waals surface area contributed by atoms with Crippen LogP contribution in [0.2, 0.25) is 0 Å². The number of nitrogens with zero attached hydrogens (tertiary/aromatic N) is 4. The number of aromatic nitrogens is 2. The Kier molecular flexibility index (Phi) is 6.77. The van der Waals surface area contributed by atoms with Gasteiger partial charge in [-0.3, -0.25) is 19.7 Å². The third kappa shape index (κ3) is 5.05. The molecule has 0 bridgehead atoms. The molecule has 0 unspecified atom stereocenters. The van der Waals surface area contributed by atoms with Gasteiger partial charge in [0.05, 0.1) is 17.1 Å². The molecule has 4 aromatic rings. The fourth-order valence-electron chi connectivity index (χ4n) is 4.57. The Morgan fingerprint density at radius 2 is 1.40 bits per heavy atom. The van der Waals surface area contributed by atoms with E-state index < -0.39 is 5.97 Å². The summed E-state index contributed by atoms with van der Waals surface area (Å²) in [6.07, 6.45) is 3.10. The van der Waals surface area contributed by atoms with Gasteiger partial charge in [-0.25, -0.2) is 4.79 Å². The van der Waals surface area contributed by atoms with Gasteiger partial charge < -0.3 is 9.64 Å². The maximum Gasteiger partial charge on any atom is 0.340 e. The van der Waals surface area contributed by atoms with Crippen molar-refractivity contribution in [3.05, 3.63) is 108 Å². The van der Waals surface area contributed by atoms with E-state index in [4.69, 9.17) is 4.74 Å². The molecule has 0 N–H and O–H groups in total. The van der Waals surface area contributed by atoms with Gasteiger partial charge in [-0.05, 0) is 23.3 Å². The van der Waals surface area contributed by atoms with Crippen molar-refractivity contribution in [3.63, 3.8) is 0 Å². The molecule has 35 heavy (non-hydrogen) atoms. The SMILES string of the molecule is O=C(OCC(=O)N1CCN(C(c2ccccc2)c2ccccc2)CC1)c1cccc2nccnc12. The molecule has 5 rings (SSSR count). The second-order valence-electron chi connectivity index (χ2n) is 8.45. The van der Waals surface area contributed by atoms with Crippen molar-refractivity contribution >= 4 is 22.9 Å². The number of ether oxygens (including phenoxy) is 1. The Morgan fingerprint density at radius 3 is 2.06 bits per heavy atom. The molecule has 1 amide bonds. The number of esters is 1. The zero-order valence-electron chi connectivity index (χ0n) is 19.3. The number of carbonyl (C=O) groups is 2. The molecule has 1 saturated heterocycles. The minimum absolute atomic E-state index is 0.125. The van der Waals surface area contributed by atoms with Crippen molar-refractivity contribution in [3.8, 4) is 0 Å². The van der Waals surface area contributed by atoms with Crippen molar-refractivity contribution in [2.45, 2.75) is 6.04 Å². The minimum Gasteiger partial charge on any atom is -0.452 e. The van der Waals surface area contributed by atoms with Crippen LogP contribution < -0.4 is 0 Å². The number of fused-ring (bicyclic) bond motifs is 1. The van der Waals surface area contributed by atoms with Gasteiger partial charge >= 0.3 is 5.97 Å². The standard InChI is InChI=1S/C28H26N4O3/c33-25(20-35-28(34)23-12-7-13-24-26(23)30-15-14-29-24)31-16-18-32(19-17-31)27(21-8-3-1-4-9-21)22-10-5-2-6-11-22/h1-15,27H,16-20H2. The highest BCUT2D eigenvalue weighted by atomic mass is 16.5. The van der Waals surface area contributed by atoms with Crippen LogP contribution in [0.15, 0.2) is 91.3 Å². The van der Waals surface area contributed by atoms with Crippen LogP contribution in [0.4, 0.5) is 0 Å². The number of rotatable bonds is 6. The average molecular weight is 467 g/mol. The summed E-state index contributed by atoms with van der Waals surface area (Å²) in [6.45, 7) is 2.31. The Hall–Kier alpha value is -4.10. The van der Waals surface area contributed by atoms with E-state index in [9.17, 15) is 9.59 Å². The van der Waals surface area contributed by atoms with Crippen LogP contribution in [0.3, 0.4) is 0 Å². The lowest BCUT2D eigenvalue weighted by Crippen LogP contribution is -2.50. The number of piperazine rings is 1. The first-order valence-corrected chi connectivity index (χ1v) is 11.7. The van der Waals surface area contributed by atoms with Crippen LogP contribution in [0.25, 0.3) is 11.0 Å². The van der Waals surface area contributed by atoms with E-state index >= 15 is 0 Å². The first kappa shape index (κ1) is 22.7. The Labute approximate surface area is 204 Å². The quantitative estimate of drug-likeness (QED) is 0.403. The molecule has 1 aromatic heterocycles. The lowest BCUT2D eigenvalue weighted by atomic mass is 9.96. The Bertz CT molecular complexity index is 1260. The van der Waals surface area contributed by atoms with Crippen LogP contribution in [-0.2, 0) is 9.53 Å². The summed E-state index contributed by atoms with van der Waals surface area (Å²) in [7, 11) is 0. The normalized spacial score (nSPS) is 14.3. The molecule has 176 valence electrons. The summed E-state index contributed by atoms with van der Waals surface area (Å²) in [5.74, 6) is -0.767. The molecule has 7 heteroatoms. The first-order chi connectivity index (χ1) is 17.2. The van der Waals surface area contributed by atoms with Crippen LogP contribution in [-0.4, -0.2) is 64.4 Å². The minimum atomic E-state index is -0.573. The zero-order chi connectivity index (χ0) is 24.0. The summed E-state index contributed by atoms with van der Waals surface area (Å²) in [5, 5.41) is 0. The number of para-hydroxylation sites is 1. The predicted molar refractivity (Wildman–Crippen MR) is 133 cm³/mol. The lowest BCUT2D eigenvalue weighted by Gasteiger charge is -2.39. The number of carbonyl (C=O) groups excluding carboxylic acids is 2. The van der Waals surface area contributed by atoms with Crippen LogP contribution in [0.5, 0.6) is 0 Å². The van der Waals surface area contributed by atoms with Crippen molar-refractivity contribution in [2.75, 3.05) is 32.8 Å². The smallest absolute Gasteiger partial charge is 0.340 e. The second-order valence-corrected chi connectivity index (χ2v) is 8.45. The van der Waals surface area contributed by atoms with E-state index in [0.29, 0.717) is 29.7 Å². The number of hydrogen-bond donors (Lipinski definition) is 0. The highest BCUT2D eigenvalue weighted by molar-refractivity contribution is 6.02. The Morgan fingerprint density at radius 1 is 0.771 bits per heavy atom. The van der Waals surface area contributed by atoms with E-state index in [1.54, 1.807) is 29.3 Å². The lowest BCUT2D eigenvalue weighted by molar-refractivity contribution is -0.136. The predicted octanol–water partition coefficient (Wildman–Crippen LogP) is 3.72. The maximum atomic E-state index is 12.8. The van der Waals surface area contributed by atoms with E-state index in [0.717, 1.165) is 13.1 Å². The van der Waals surface area contributed by atoms with E-state index in [1.807, 2.05) is 12.1 Å². The first-order valence-electron chi connectivity index (χ1n) is 11.7. The summed E-state index contributed by atoms with van der Waals surface area (Å²) < 4.78 is 5.35. The molecule has 7 nitrogen and oxygen atoms in total. The monoisotopic (exact) mass is 466 g/mol. The molecule has 1 fully saturated rings. The van der Waals surface area contributed by atoms with E-state index in [1.165, 1.54) is 17.3 Å². The largest absolute Gasteiger partial charge is 0.452 e. The topological polar surface area (TPSA) is 75.6 Å². The van der Waals surface area contributed by atoms with Crippen molar-refractivity contribution in [1.29, 1.82) is 0 Å². The third-order valence-electron chi connectivity index (χ3n) is 6.31. The van der Waals surface area contributed by atoms with E-state index in [2.05, 4.69) is 63.4 Å². The summed E-state index contributed by atoms with van der Waals surface area (Å²) in [6, 6.07) is 26.1. The van der Waals surface area contributed by atoms with Gasteiger partial charge in [-0.15, -0.1) is 0 Å². The maximum absolute atomic E-state index is 12.8. The molecule has 1 aliphatic rings. The highest BCUT2D eigenvalue weighted by Gasteiger charge is 2.28. The third-order valence-corrected chi connectivity index (χ3v) is 6.31. The number of hydrogen-bond acceptors (Lipinski definition) is 6. The summed E-state index contributed by atoms with van der Waals surface area (Å²) >= 11 is 0. The van der Waals surface area contributed by atoms with Gasteiger partial charge in [0.15, 0.2) is 6.61 Å². The Balaban J connectivity index is 1.21. The molecule has 0 atom stereocenters. The molecular formula is C28H26N4O3. The highest BCUT2D eigenvalue weighted by Crippen LogP contribution is 2.29. The van der Waals surface area contributed by atoms with Crippen LogP contribution in [0.1, 0.15) is 27.5 Å². The van der Waals surface area contributed by atoms with Crippen molar-refractivity contribution in [1.82, 2.24) is 19.8 Å². The molecule has 0 spiro atoms. The molecule has 0 aliphatic carbocycles.